The number of rotatable bonds is 5. The molecule has 0 atom stereocenters. The van der Waals surface area contributed by atoms with Crippen LogP contribution in [-0.4, -0.2) is 27.0 Å². The first-order valence-corrected chi connectivity index (χ1v) is 8.09. The maximum Gasteiger partial charge on any atom is 0.347 e. The summed E-state index contributed by atoms with van der Waals surface area (Å²) < 4.78 is 10.4. The third-order valence-corrected chi connectivity index (χ3v) is 4.04. The van der Waals surface area contributed by atoms with Crippen molar-refractivity contribution in [1.29, 1.82) is 0 Å². The second-order valence-corrected chi connectivity index (χ2v) is 6.03. The molecule has 0 aliphatic carbocycles. The lowest BCUT2D eigenvalue weighted by Crippen LogP contribution is -2.12. The minimum atomic E-state index is -0.641. The van der Waals surface area contributed by atoms with Gasteiger partial charge in [-0.3, -0.25) is 4.79 Å². The van der Waals surface area contributed by atoms with Crippen LogP contribution in [0.15, 0.2) is 63.8 Å². The molecule has 5 nitrogen and oxygen atoms in total. The molecular formula is C21H19NO4. The highest BCUT2D eigenvalue weighted by molar-refractivity contribution is 6.07. The van der Waals surface area contributed by atoms with Gasteiger partial charge < -0.3 is 14.1 Å². The van der Waals surface area contributed by atoms with Gasteiger partial charge in [0.2, 0.25) is 0 Å². The molecule has 26 heavy (non-hydrogen) atoms. The van der Waals surface area contributed by atoms with E-state index in [0.717, 1.165) is 17.0 Å². The molecule has 0 aliphatic heterocycles. The fourth-order valence-electron chi connectivity index (χ4n) is 2.53. The van der Waals surface area contributed by atoms with Gasteiger partial charge in [0.1, 0.15) is 16.9 Å². The molecule has 0 aliphatic rings. The van der Waals surface area contributed by atoms with Crippen LogP contribution in [0.25, 0.3) is 17.0 Å². The van der Waals surface area contributed by atoms with E-state index in [9.17, 15) is 9.59 Å². The highest BCUT2D eigenvalue weighted by Crippen LogP contribution is 2.21. The lowest BCUT2D eigenvalue weighted by Gasteiger charge is -2.12. The maximum atomic E-state index is 12.4. The number of methoxy groups -OCH3 is 1. The average molecular weight is 349 g/mol. The van der Waals surface area contributed by atoms with E-state index in [1.165, 1.54) is 6.08 Å². The minimum absolute atomic E-state index is 0.0138. The van der Waals surface area contributed by atoms with Crippen molar-refractivity contribution in [3.05, 3.63) is 76.2 Å². The molecule has 5 heteroatoms. The summed E-state index contributed by atoms with van der Waals surface area (Å²) in [5.41, 5.74) is 1.58. The van der Waals surface area contributed by atoms with Gasteiger partial charge in [-0.05, 0) is 42.0 Å². The molecule has 0 spiro atoms. The van der Waals surface area contributed by atoms with Gasteiger partial charge in [-0.2, -0.15) is 0 Å². The van der Waals surface area contributed by atoms with Crippen molar-refractivity contribution in [2.24, 2.45) is 0 Å². The van der Waals surface area contributed by atoms with Gasteiger partial charge in [0.25, 0.3) is 0 Å². The van der Waals surface area contributed by atoms with Crippen molar-refractivity contribution in [2.75, 3.05) is 26.1 Å². The summed E-state index contributed by atoms with van der Waals surface area (Å²) in [5, 5.41) is 0.705. The van der Waals surface area contributed by atoms with Crippen LogP contribution in [0.3, 0.4) is 0 Å². The number of fused-ring (bicyclic) bond motifs is 1. The smallest absolute Gasteiger partial charge is 0.347 e. The fourth-order valence-corrected chi connectivity index (χ4v) is 2.53. The molecule has 1 aromatic heterocycles. The number of hydrogen-bond acceptors (Lipinski definition) is 5. The standard InChI is InChI=1S/C21H19NO4/c1-22(2)16-8-7-15-12-18(21(24)26-20(15)13-16)19(23)11-6-14-4-9-17(25-3)10-5-14/h4-13H,1-3H3/b11-6+. The van der Waals surface area contributed by atoms with Crippen LogP contribution >= 0.6 is 0 Å². The third-order valence-electron chi connectivity index (χ3n) is 4.04. The Morgan fingerprint density at radius 2 is 1.81 bits per heavy atom. The lowest BCUT2D eigenvalue weighted by atomic mass is 10.1. The number of ether oxygens (including phenoxy) is 1. The molecule has 3 aromatic rings. The molecule has 0 amide bonds. The van der Waals surface area contributed by atoms with Crippen molar-refractivity contribution in [3.63, 3.8) is 0 Å². The first kappa shape index (κ1) is 17.5. The Morgan fingerprint density at radius 3 is 2.46 bits per heavy atom. The zero-order valence-corrected chi connectivity index (χ0v) is 14.9. The van der Waals surface area contributed by atoms with E-state index in [1.807, 2.05) is 43.3 Å². The molecule has 0 saturated heterocycles. The molecule has 0 N–H and O–H groups in total. The molecule has 0 fully saturated rings. The van der Waals surface area contributed by atoms with Crippen molar-refractivity contribution in [1.82, 2.24) is 0 Å². The monoisotopic (exact) mass is 349 g/mol. The number of benzene rings is 2. The molecule has 132 valence electrons. The number of nitrogens with zero attached hydrogens (tertiary/aromatic N) is 1. The predicted octanol–water partition coefficient (Wildman–Crippen LogP) is 3.76. The van der Waals surface area contributed by atoms with E-state index in [0.29, 0.717) is 11.0 Å². The highest BCUT2D eigenvalue weighted by atomic mass is 16.5. The number of carbonyl (C=O) groups excluding carboxylic acids is 1. The summed E-state index contributed by atoms with van der Waals surface area (Å²) in [6.07, 6.45) is 3.02. The quantitative estimate of drug-likeness (QED) is 0.399. The van der Waals surface area contributed by atoms with Gasteiger partial charge in [0.15, 0.2) is 5.78 Å². The number of hydrogen-bond donors (Lipinski definition) is 0. The van der Waals surface area contributed by atoms with Crippen LogP contribution in [0.1, 0.15) is 15.9 Å². The Kier molecular flexibility index (Phi) is 4.89. The molecule has 0 saturated carbocycles. The predicted molar refractivity (Wildman–Crippen MR) is 103 cm³/mol. The van der Waals surface area contributed by atoms with Crippen LogP contribution in [0.4, 0.5) is 5.69 Å². The van der Waals surface area contributed by atoms with Gasteiger partial charge >= 0.3 is 5.63 Å². The molecule has 0 bridgehead atoms. The van der Waals surface area contributed by atoms with Crippen molar-refractivity contribution in [3.8, 4) is 5.75 Å². The Morgan fingerprint density at radius 1 is 1.08 bits per heavy atom. The van der Waals surface area contributed by atoms with E-state index in [1.54, 1.807) is 37.5 Å². The van der Waals surface area contributed by atoms with Crippen LogP contribution < -0.4 is 15.3 Å². The number of carbonyl (C=O) groups is 1. The Balaban J connectivity index is 1.89. The first-order valence-electron chi connectivity index (χ1n) is 8.09. The highest BCUT2D eigenvalue weighted by Gasteiger charge is 2.12. The summed E-state index contributed by atoms with van der Waals surface area (Å²) >= 11 is 0. The molecule has 3 rings (SSSR count). The lowest BCUT2D eigenvalue weighted by molar-refractivity contribution is 0.104. The second kappa shape index (κ2) is 7.27. The van der Waals surface area contributed by atoms with Crippen molar-refractivity contribution >= 4 is 28.5 Å². The largest absolute Gasteiger partial charge is 0.497 e. The number of ketones is 1. The van der Waals surface area contributed by atoms with E-state index < -0.39 is 11.4 Å². The molecular weight excluding hydrogens is 330 g/mol. The topological polar surface area (TPSA) is 59.8 Å². The number of allylic oxidation sites excluding steroid dienone is 1. The summed E-state index contributed by atoms with van der Waals surface area (Å²) in [6.45, 7) is 0. The Bertz CT molecular complexity index is 1030. The molecule has 0 unspecified atom stereocenters. The van der Waals surface area contributed by atoms with Gasteiger partial charge in [-0.15, -0.1) is 0 Å². The Hall–Kier alpha value is -3.34. The zero-order chi connectivity index (χ0) is 18.7. The number of anilines is 1. The fraction of sp³-hybridized carbons (Fsp3) is 0.143. The van der Waals surface area contributed by atoms with Crippen molar-refractivity contribution in [2.45, 2.75) is 0 Å². The van der Waals surface area contributed by atoms with E-state index in [4.69, 9.17) is 9.15 Å². The zero-order valence-electron chi connectivity index (χ0n) is 14.9. The SMILES string of the molecule is COc1ccc(/C=C/C(=O)c2cc3ccc(N(C)C)cc3oc2=O)cc1. The van der Waals surface area contributed by atoms with Crippen LogP contribution in [0.5, 0.6) is 5.75 Å². The summed E-state index contributed by atoms with van der Waals surface area (Å²) in [5.74, 6) is 0.342. The van der Waals surface area contributed by atoms with Crippen LogP contribution in [0.2, 0.25) is 0 Å². The van der Waals surface area contributed by atoms with Gasteiger partial charge in [0, 0.05) is 31.2 Å². The molecule has 0 radical (unpaired) electrons. The van der Waals surface area contributed by atoms with Gasteiger partial charge in [-0.1, -0.05) is 18.2 Å². The maximum absolute atomic E-state index is 12.4. The Labute approximate surface area is 151 Å². The van der Waals surface area contributed by atoms with Crippen LogP contribution in [-0.2, 0) is 0 Å². The van der Waals surface area contributed by atoms with Crippen molar-refractivity contribution < 1.29 is 13.9 Å². The van der Waals surface area contributed by atoms with Gasteiger partial charge in [0.05, 0.1) is 7.11 Å². The molecule has 1 heterocycles. The second-order valence-electron chi connectivity index (χ2n) is 6.03. The minimum Gasteiger partial charge on any atom is -0.497 e. The van der Waals surface area contributed by atoms with E-state index >= 15 is 0 Å². The summed E-state index contributed by atoms with van der Waals surface area (Å²) in [6, 6.07) is 14.3. The molecule has 2 aromatic carbocycles. The van der Waals surface area contributed by atoms with Gasteiger partial charge in [-0.25, -0.2) is 4.79 Å². The summed E-state index contributed by atoms with van der Waals surface area (Å²) in [7, 11) is 5.40. The van der Waals surface area contributed by atoms with E-state index in [-0.39, 0.29) is 5.56 Å². The summed E-state index contributed by atoms with van der Waals surface area (Å²) in [4.78, 5) is 26.5. The average Bonchev–Trinajstić information content (AvgIpc) is 2.65. The van der Waals surface area contributed by atoms with E-state index in [2.05, 4.69) is 0 Å². The first-order chi connectivity index (χ1) is 12.5. The van der Waals surface area contributed by atoms with Crippen LogP contribution in [0, 0.1) is 0 Å². The normalized spacial score (nSPS) is 11.0. The third kappa shape index (κ3) is 3.67.